The SMILES string of the molecule is O=C(CCCCCCCCCCCNCCS(=O)(=O)O)NCc1ccc(N2C(=O)[C@H](CC[C@H](O)c3ccc(F)cc3)[C@H]2c2ccc(-c3ccc([C@@H]4O[C@H](CO)[C@@H](O)[C@H](O)[C@H]4O)cc3)cc2O)cc1. The summed E-state index contributed by atoms with van der Waals surface area (Å²) in [6.45, 7) is 0.759. The monoisotopic (exact) mass is 963 g/mol. The van der Waals surface area contributed by atoms with Crippen molar-refractivity contribution in [1.29, 1.82) is 0 Å². The van der Waals surface area contributed by atoms with E-state index in [1.165, 1.54) is 24.3 Å². The number of aromatic hydroxyl groups is 1. The van der Waals surface area contributed by atoms with E-state index in [2.05, 4.69) is 10.6 Å². The second-order valence-electron chi connectivity index (χ2n) is 18.0. The highest BCUT2D eigenvalue weighted by atomic mass is 32.2. The molecular weight excluding hydrogens is 898 g/mol. The molecule has 2 saturated heterocycles. The number of phenols is 1. The van der Waals surface area contributed by atoms with Gasteiger partial charge in [0.05, 0.1) is 30.4 Å². The van der Waals surface area contributed by atoms with Gasteiger partial charge >= 0.3 is 0 Å². The van der Waals surface area contributed by atoms with E-state index in [0.717, 1.165) is 69.9 Å². The van der Waals surface area contributed by atoms with E-state index in [-0.39, 0.29) is 42.7 Å². The number of benzene rings is 4. The summed E-state index contributed by atoms with van der Waals surface area (Å²) in [6, 6.07) is 24.4. The number of aliphatic hydroxyl groups excluding tert-OH is 5. The fraction of sp³-hybridized carbons (Fsp3) is 0.490. The molecule has 2 amide bonds. The molecule has 2 aliphatic heterocycles. The minimum absolute atomic E-state index is 0.0356. The van der Waals surface area contributed by atoms with E-state index < -0.39 is 71.1 Å². The Bertz CT molecular complexity index is 2340. The number of rotatable bonds is 26. The van der Waals surface area contributed by atoms with Crippen LogP contribution in [0.5, 0.6) is 5.75 Å². The van der Waals surface area contributed by atoms with E-state index in [1.807, 2.05) is 30.3 Å². The maximum absolute atomic E-state index is 14.0. The van der Waals surface area contributed by atoms with E-state index in [9.17, 15) is 53.0 Å². The Morgan fingerprint density at radius 1 is 0.779 bits per heavy atom. The molecule has 0 aliphatic carbocycles. The number of aliphatic hydroxyl groups is 5. The standard InChI is InChI=1S/C51H66FN3O12S/c52-38-20-17-35(18-21-38)42(57)26-25-41-46(40-24-19-37(30-43(40)58)34-13-15-36(16-14-34)50-49(62)48(61)47(60)44(32-56)67-50)55(51(41)63)39-22-11-33(12-23-39)31-54-45(59)10-8-6-4-2-1-3-5-7-9-27-53-28-29-68(64,65)66/h11-24,30,41-42,44,46-50,53,56-58,60-62H,1-10,25-29,31-32H2,(H,54,59)(H,64,65,66)/t41-,42+,44-,46-,47-,48+,49-,50+/m1/s1. The third-order valence-corrected chi connectivity index (χ3v) is 13.8. The van der Waals surface area contributed by atoms with Gasteiger partial charge in [0.15, 0.2) is 0 Å². The molecule has 2 aliphatic rings. The van der Waals surface area contributed by atoms with Crippen LogP contribution in [0.3, 0.4) is 0 Å². The summed E-state index contributed by atoms with van der Waals surface area (Å²) in [5.41, 5.74) is 4.36. The van der Waals surface area contributed by atoms with Crippen LogP contribution < -0.4 is 15.5 Å². The molecule has 2 heterocycles. The second kappa shape index (κ2) is 25.2. The summed E-state index contributed by atoms with van der Waals surface area (Å²) in [5.74, 6) is -1.56. The Labute approximate surface area is 397 Å². The summed E-state index contributed by atoms with van der Waals surface area (Å²) in [4.78, 5) is 28.2. The first-order chi connectivity index (χ1) is 32.6. The van der Waals surface area contributed by atoms with Crippen molar-refractivity contribution in [3.05, 3.63) is 119 Å². The van der Waals surface area contributed by atoms with E-state index >= 15 is 0 Å². The van der Waals surface area contributed by atoms with Crippen molar-refractivity contribution in [1.82, 2.24) is 10.6 Å². The van der Waals surface area contributed by atoms with Crippen molar-refractivity contribution in [2.45, 2.75) is 126 Å². The lowest BCUT2D eigenvalue weighted by Crippen LogP contribution is -2.55. The largest absolute Gasteiger partial charge is 0.508 e. The van der Waals surface area contributed by atoms with Crippen LogP contribution in [-0.2, 0) is 31.0 Å². The Morgan fingerprint density at radius 3 is 2.04 bits per heavy atom. The van der Waals surface area contributed by atoms with Crippen molar-refractivity contribution in [2.24, 2.45) is 5.92 Å². The third kappa shape index (κ3) is 14.4. The zero-order valence-electron chi connectivity index (χ0n) is 38.2. The van der Waals surface area contributed by atoms with Crippen LogP contribution in [0.15, 0.2) is 91.0 Å². The van der Waals surface area contributed by atoms with Crippen molar-refractivity contribution < 1.29 is 62.3 Å². The first-order valence-electron chi connectivity index (χ1n) is 23.7. The maximum Gasteiger partial charge on any atom is 0.266 e. The number of carbonyl (C=O) groups is 2. The van der Waals surface area contributed by atoms with Crippen molar-refractivity contribution in [2.75, 3.05) is 30.3 Å². The number of phenolic OH excluding ortho intramolecular Hbond substituents is 1. The van der Waals surface area contributed by atoms with Crippen LogP contribution in [0.4, 0.5) is 10.1 Å². The van der Waals surface area contributed by atoms with Crippen LogP contribution in [0.2, 0.25) is 0 Å². The number of ether oxygens (including phenoxy) is 1. The van der Waals surface area contributed by atoms with Crippen LogP contribution in [0, 0.1) is 11.7 Å². The van der Waals surface area contributed by atoms with Gasteiger partial charge in [0.1, 0.15) is 42.1 Å². The molecule has 8 atom stereocenters. The minimum atomic E-state index is -3.92. The molecule has 6 rings (SSSR count). The van der Waals surface area contributed by atoms with E-state index in [1.54, 1.807) is 41.3 Å². The number of anilines is 1. The molecule has 370 valence electrons. The summed E-state index contributed by atoms with van der Waals surface area (Å²) >= 11 is 0. The van der Waals surface area contributed by atoms with Crippen LogP contribution in [0.25, 0.3) is 11.1 Å². The first kappa shape index (κ1) is 52.5. The highest BCUT2D eigenvalue weighted by molar-refractivity contribution is 7.85. The first-order valence-corrected chi connectivity index (χ1v) is 25.3. The van der Waals surface area contributed by atoms with E-state index in [4.69, 9.17) is 9.29 Å². The molecule has 0 spiro atoms. The number of unbranched alkanes of at least 4 members (excludes halogenated alkanes) is 8. The van der Waals surface area contributed by atoms with Crippen LogP contribution in [0.1, 0.15) is 118 Å². The van der Waals surface area contributed by atoms with Crippen LogP contribution >= 0.6 is 0 Å². The molecular formula is C51H66FN3O12S. The number of β-lactam (4-membered cyclic amide) rings is 1. The molecule has 9 N–H and O–H groups in total. The predicted molar refractivity (Wildman–Crippen MR) is 254 cm³/mol. The summed E-state index contributed by atoms with van der Waals surface area (Å²) < 4.78 is 49.5. The molecule has 17 heteroatoms. The van der Waals surface area contributed by atoms with Gasteiger partial charge in [0, 0.05) is 30.8 Å². The Hall–Kier alpha value is -4.82. The predicted octanol–water partition coefficient (Wildman–Crippen LogP) is 5.93. The number of amides is 2. The van der Waals surface area contributed by atoms with E-state index in [0.29, 0.717) is 46.5 Å². The molecule has 0 bridgehead atoms. The highest BCUT2D eigenvalue weighted by Crippen LogP contribution is 2.49. The number of nitrogens with zero attached hydrogens (tertiary/aromatic N) is 1. The fourth-order valence-corrected chi connectivity index (χ4v) is 9.44. The number of hydrogen-bond donors (Lipinski definition) is 9. The fourth-order valence-electron chi connectivity index (χ4n) is 9.04. The van der Waals surface area contributed by atoms with Gasteiger partial charge in [0.2, 0.25) is 11.8 Å². The zero-order chi connectivity index (χ0) is 48.8. The lowest BCUT2D eigenvalue weighted by Gasteiger charge is -2.48. The quantitative estimate of drug-likeness (QED) is 0.0202. The van der Waals surface area contributed by atoms with Crippen molar-refractivity contribution in [3.63, 3.8) is 0 Å². The molecule has 0 unspecified atom stereocenters. The smallest absolute Gasteiger partial charge is 0.266 e. The number of halogens is 1. The second-order valence-corrected chi connectivity index (χ2v) is 19.5. The summed E-state index contributed by atoms with van der Waals surface area (Å²) in [6.07, 6.45) is 2.87. The third-order valence-electron chi connectivity index (χ3n) is 13.0. The highest BCUT2D eigenvalue weighted by Gasteiger charge is 2.49. The molecule has 4 aromatic rings. The number of nitrogens with one attached hydrogen (secondary N) is 2. The molecule has 0 radical (unpaired) electrons. The van der Waals surface area contributed by atoms with Crippen molar-refractivity contribution in [3.8, 4) is 16.9 Å². The number of hydrogen-bond acceptors (Lipinski definition) is 12. The molecule has 0 saturated carbocycles. The molecule has 0 aromatic heterocycles. The van der Waals surface area contributed by atoms with Gasteiger partial charge in [-0.05, 0) is 90.4 Å². The molecule has 4 aromatic carbocycles. The molecule has 15 nitrogen and oxygen atoms in total. The average molecular weight is 964 g/mol. The molecule has 2 fully saturated rings. The lowest BCUT2D eigenvalue weighted by molar-refractivity contribution is -0.231. The van der Waals surface area contributed by atoms with Gasteiger partial charge in [-0.15, -0.1) is 0 Å². The Balaban J connectivity index is 1.02. The Morgan fingerprint density at radius 2 is 1.41 bits per heavy atom. The summed E-state index contributed by atoms with van der Waals surface area (Å²) in [5, 5.41) is 69.2. The van der Waals surface area contributed by atoms with Gasteiger partial charge in [-0.2, -0.15) is 8.42 Å². The van der Waals surface area contributed by atoms with Gasteiger partial charge < -0.3 is 50.9 Å². The zero-order valence-corrected chi connectivity index (χ0v) is 39.0. The Kier molecular flexibility index (Phi) is 19.4. The molecule has 68 heavy (non-hydrogen) atoms. The topological polar surface area (TPSA) is 246 Å². The number of carbonyl (C=O) groups excluding carboxylic acids is 2. The lowest BCUT2D eigenvalue weighted by atomic mass is 9.77. The van der Waals surface area contributed by atoms with Gasteiger partial charge in [0.25, 0.3) is 10.1 Å². The van der Waals surface area contributed by atoms with Gasteiger partial charge in [-0.3, -0.25) is 14.1 Å². The summed E-state index contributed by atoms with van der Waals surface area (Å²) in [7, 11) is -3.92. The van der Waals surface area contributed by atoms with Gasteiger partial charge in [-0.25, -0.2) is 4.39 Å². The van der Waals surface area contributed by atoms with Gasteiger partial charge in [-0.1, -0.05) is 106 Å². The van der Waals surface area contributed by atoms with Crippen molar-refractivity contribution >= 4 is 27.6 Å². The normalized spacial score (nSPS) is 22.2. The van der Waals surface area contributed by atoms with Crippen LogP contribution in [-0.4, -0.2) is 105 Å². The minimum Gasteiger partial charge on any atom is -0.508 e. The maximum atomic E-state index is 14.0. The average Bonchev–Trinajstić information content (AvgIpc) is 3.32.